The van der Waals surface area contributed by atoms with Crippen molar-refractivity contribution in [3.8, 4) is 0 Å². The smallest absolute Gasteiger partial charge is 0.396 e. The lowest BCUT2D eigenvalue weighted by Gasteiger charge is -2.29. The lowest BCUT2D eigenvalue weighted by atomic mass is 9.86. The summed E-state index contributed by atoms with van der Waals surface area (Å²) in [6.45, 7) is 0.444. The van der Waals surface area contributed by atoms with Gasteiger partial charge in [-0.05, 0) is 49.8 Å². The second-order valence-electron chi connectivity index (χ2n) is 7.29. The second kappa shape index (κ2) is 8.62. The number of carbonyl (C=O) groups is 1. The highest BCUT2D eigenvalue weighted by Gasteiger charge is 2.32. The van der Waals surface area contributed by atoms with E-state index in [1.807, 2.05) is 0 Å². The van der Waals surface area contributed by atoms with Gasteiger partial charge in [0.25, 0.3) is 5.91 Å². The molecule has 0 radical (unpaired) electrons. The van der Waals surface area contributed by atoms with Gasteiger partial charge in [-0.3, -0.25) is 9.48 Å². The van der Waals surface area contributed by atoms with E-state index in [4.69, 9.17) is 22.4 Å². The molecule has 3 rings (SSSR count). The van der Waals surface area contributed by atoms with Gasteiger partial charge in [0.1, 0.15) is 5.69 Å². The van der Waals surface area contributed by atoms with Gasteiger partial charge in [0.15, 0.2) is 0 Å². The van der Waals surface area contributed by atoms with Crippen LogP contribution in [0.3, 0.4) is 0 Å². The molecule has 10 heteroatoms. The summed E-state index contributed by atoms with van der Waals surface area (Å²) in [5.74, 6) is -0.261. The van der Waals surface area contributed by atoms with Gasteiger partial charge in [0.05, 0.1) is 28.4 Å². The van der Waals surface area contributed by atoms with Gasteiger partial charge in [-0.1, -0.05) is 11.6 Å². The van der Waals surface area contributed by atoms with Gasteiger partial charge in [-0.15, -0.1) is 0 Å². The summed E-state index contributed by atoms with van der Waals surface area (Å²) in [6.07, 6.45) is 0.219. The first-order valence-corrected chi connectivity index (χ1v) is 9.65. The van der Waals surface area contributed by atoms with Crippen molar-refractivity contribution in [2.24, 2.45) is 5.92 Å². The molecule has 29 heavy (non-hydrogen) atoms. The Labute approximate surface area is 170 Å². The summed E-state index contributed by atoms with van der Waals surface area (Å²) in [4.78, 5) is 12.4. The van der Waals surface area contributed by atoms with E-state index in [1.165, 1.54) is 0 Å². The number of carbonyl (C=O) groups excluding carboxylic acids is 1. The average molecular weight is 431 g/mol. The zero-order valence-electron chi connectivity index (χ0n) is 15.5. The number of alkyl halides is 3. The van der Waals surface area contributed by atoms with Crippen molar-refractivity contribution >= 4 is 23.2 Å². The number of rotatable bonds is 5. The number of nitrogens with zero attached hydrogens (tertiary/aromatic N) is 2. The van der Waals surface area contributed by atoms with Gasteiger partial charge in [-0.25, -0.2) is 0 Å². The molecule has 1 saturated carbocycles. The van der Waals surface area contributed by atoms with Crippen molar-refractivity contribution in [3.63, 3.8) is 0 Å². The molecule has 1 aliphatic rings. The van der Waals surface area contributed by atoms with Crippen LogP contribution in [0, 0.1) is 5.92 Å². The number of aliphatic hydroxyl groups excluding tert-OH is 1. The molecule has 1 aromatic heterocycles. The number of amides is 1. The van der Waals surface area contributed by atoms with E-state index >= 15 is 0 Å². The first kappa shape index (κ1) is 21.4. The topological polar surface area (TPSA) is 93.2 Å². The second-order valence-corrected chi connectivity index (χ2v) is 7.70. The fourth-order valence-corrected chi connectivity index (χ4v) is 3.79. The lowest BCUT2D eigenvalue weighted by molar-refractivity contribution is -0.137. The Morgan fingerprint density at radius 3 is 2.59 bits per heavy atom. The minimum absolute atomic E-state index is 0.0138. The highest BCUT2D eigenvalue weighted by atomic mass is 35.5. The Bertz CT molecular complexity index is 877. The highest BCUT2D eigenvalue weighted by Crippen LogP contribution is 2.32. The zero-order chi connectivity index (χ0) is 21.2. The number of aliphatic hydroxyl groups is 1. The summed E-state index contributed by atoms with van der Waals surface area (Å²) in [5, 5.41) is 16.2. The molecule has 158 valence electrons. The minimum Gasteiger partial charge on any atom is -0.396 e. The van der Waals surface area contributed by atoms with Crippen LogP contribution in [0.25, 0.3) is 0 Å². The van der Waals surface area contributed by atoms with Crippen LogP contribution in [0.2, 0.25) is 5.02 Å². The molecule has 0 saturated heterocycles. The van der Waals surface area contributed by atoms with Crippen molar-refractivity contribution in [3.05, 3.63) is 46.2 Å². The average Bonchev–Trinajstić information content (AvgIpc) is 3.02. The van der Waals surface area contributed by atoms with E-state index in [0.717, 1.165) is 31.0 Å². The number of hydrogen-bond donors (Lipinski definition) is 3. The molecule has 0 bridgehead atoms. The molecule has 1 amide bonds. The van der Waals surface area contributed by atoms with Crippen LogP contribution in [-0.4, -0.2) is 26.8 Å². The van der Waals surface area contributed by atoms with Gasteiger partial charge >= 0.3 is 6.18 Å². The molecular formula is C19H22ClF3N4O2. The monoisotopic (exact) mass is 430 g/mol. The molecular weight excluding hydrogens is 409 g/mol. The van der Waals surface area contributed by atoms with E-state index in [0.29, 0.717) is 36.7 Å². The van der Waals surface area contributed by atoms with E-state index in [-0.39, 0.29) is 23.2 Å². The number of nitrogens with one attached hydrogen (secondary N) is 1. The number of hydrogen-bond acceptors (Lipinski definition) is 4. The summed E-state index contributed by atoms with van der Waals surface area (Å²) in [7, 11) is 0. The molecule has 0 unspecified atom stereocenters. The van der Waals surface area contributed by atoms with Crippen molar-refractivity contribution in [2.45, 2.75) is 51.1 Å². The number of anilines is 1. The molecule has 1 aromatic carbocycles. The number of nitrogen functional groups attached to an aromatic ring is 1. The number of nitrogens with two attached hydrogens (primary N) is 1. The van der Waals surface area contributed by atoms with Gasteiger partial charge in [-0.2, -0.15) is 18.3 Å². The third-order valence-electron chi connectivity index (χ3n) is 5.19. The molecule has 6 nitrogen and oxygen atoms in total. The van der Waals surface area contributed by atoms with Crippen LogP contribution >= 0.6 is 11.6 Å². The Morgan fingerprint density at radius 1 is 1.31 bits per heavy atom. The van der Waals surface area contributed by atoms with Crippen LogP contribution in [-0.2, 0) is 19.3 Å². The van der Waals surface area contributed by atoms with Crippen molar-refractivity contribution in [1.29, 1.82) is 0 Å². The largest absolute Gasteiger partial charge is 0.416 e. The first-order chi connectivity index (χ1) is 13.7. The molecule has 1 heterocycles. The summed E-state index contributed by atoms with van der Waals surface area (Å²) < 4.78 is 40.4. The van der Waals surface area contributed by atoms with E-state index in [9.17, 15) is 18.0 Å². The van der Waals surface area contributed by atoms with Crippen molar-refractivity contribution in [2.75, 3.05) is 5.73 Å². The predicted octanol–water partition coefficient (Wildman–Crippen LogP) is 3.62. The zero-order valence-corrected chi connectivity index (χ0v) is 16.3. The van der Waals surface area contributed by atoms with Gasteiger partial charge in [0.2, 0.25) is 0 Å². The molecule has 0 aliphatic heterocycles. The summed E-state index contributed by atoms with van der Waals surface area (Å²) in [5.41, 5.74) is 5.59. The Morgan fingerprint density at radius 2 is 2.00 bits per heavy atom. The van der Waals surface area contributed by atoms with E-state index < -0.39 is 17.6 Å². The fourth-order valence-electron chi connectivity index (χ4n) is 3.59. The van der Waals surface area contributed by atoms with E-state index in [2.05, 4.69) is 10.4 Å². The molecule has 2 aromatic rings. The van der Waals surface area contributed by atoms with Gasteiger partial charge < -0.3 is 16.2 Å². The van der Waals surface area contributed by atoms with Crippen LogP contribution in [0.1, 0.15) is 47.3 Å². The highest BCUT2D eigenvalue weighted by molar-refractivity contribution is 6.33. The first-order valence-electron chi connectivity index (χ1n) is 9.27. The van der Waals surface area contributed by atoms with Crippen LogP contribution in [0.4, 0.5) is 18.9 Å². The maximum absolute atomic E-state index is 12.9. The Hall–Kier alpha value is -2.26. The summed E-state index contributed by atoms with van der Waals surface area (Å²) >= 11 is 5.93. The SMILES string of the molecule is Nc1cn(C[C@H]2CC[C@H](NC(=O)c3cc(C(F)(F)F)ccc3Cl)CC2)nc1CO. The minimum atomic E-state index is -4.54. The quantitative estimate of drug-likeness (QED) is 0.675. The lowest BCUT2D eigenvalue weighted by Crippen LogP contribution is -2.38. The maximum Gasteiger partial charge on any atom is 0.416 e. The van der Waals surface area contributed by atoms with Gasteiger partial charge in [0, 0.05) is 18.8 Å². The van der Waals surface area contributed by atoms with Crippen LogP contribution in [0.5, 0.6) is 0 Å². The molecule has 0 atom stereocenters. The fraction of sp³-hybridized carbons (Fsp3) is 0.474. The van der Waals surface area contributed by atoms with Crippen molar-refractivity contribution in [1.82, 2.24) is 15.1 Å². The third kappa shape index (κ3) is 5.22. The normalized spacial score (nSPS) is 19.9. The van der Waals surface area contributed by atoms with Crippen LogP contribution in [0.15, 0.2) is 24.4 Å². The maximum atomic E-state index is 12.9. The standard InChI is InChI=1S/C19H22ClF3N4O2/c20-15-6-3-12(19(21,22)23)7-14(15)18(29)25-13-4-1-11(2-5-13)8-27-9-16(24)17(10-28)26-27/h3,6-7,9,11,13,28H,1-2,4-5,8,10,24H2,(H,25,29)/t11-,13-. The third-order valence-corrected chi connectivity index (χ3v) is 5.52. The number of benzene rings is 1. The number of halogens is 4. The van der Waals surface area contributed by atoms with E-state index in [1.54, 1.807) is 10.9 Å². The molecule has 0 spiro atoms. The predicted molar refractivity (Wildman–Crippen MR) is 102 cm³/mol. The Kier molecular flexibility index (Phi) is 6.38. The Balaban J connectivity index is 1.56. The molecule has 1 fully saturated rings. The van der Waals surface area contributed by atoms with Crippen molar-refractivity contribution < 1.29 is 23.1 Å². The molecule has 1 aliphatic carbocycles. The van der Waals surface area contributed by atoms with Crippen LogP contribution < -0.4 is 11.1 Å². The molecule has 4 N–H and O–H groups in total. The number of aromatic nitrogens is 2. The summed E-state index contributed by atoms with van der Waals surface area (Å²) in [6, 6.07) is 2.60.